The Hall–Kier alpha value is -1.67. The molecule has 0 aliphatic heterocycles. The molecule has 9 atom stereocenters. The van der Waals surface area contributed by atoms with Gasteiger partial charge >= 0.3 is 0 Å². The van der Waals surface area contributed by atoms with Gasteiger partial charge in [-0.2, -0.15) is 0 Å². The lowest BCUT2D eigenvalue weighted by molar-refractivity contribution is -0.183. The fourth-order valence-corrected chi connectivity index (χ4v) is 9.00. The largest absolute Gasteiger partial charge is 0.393 e. The van der Waals surface area contributed by atoms with Gasteiger partial charge in [0.1, 0.15) is 17.5 Å². The number of aliphatic hydroxyl groups is 4. The average Bonchev–Trinajstić information content (AvgIpc) is 2.96. The van der Waals surface area contributed by atoms with E-state index in [9.17, 15) is 34.8 Å². The van der Waals surface area contributed by atoms with Crippen molar-refractivity contribution >= 4 is 17.3 Å². The van der Waals surface area contributed by atoms with Crippen molar-refractivity contribution in [2.75, 3.05) is 0 Å². The third-order valence-corrected chi connectivity index (χ3v) is 11.1. The van der Waals surface area contributed by atoms with E-state index in [2.05, 4.69) is 13.0 Å². The maximum Gasteiger partial charge on any atom is 0.187 e. The highest BCUT2D eigenvalue weighted by molar-refractivity contribution is 5.98. The van der Waals surface area contributed by atoms with Crippen molar-refractivity contribution in [1.29, 1.82) is 0 Å². The number of hydrogen-bond acceptors (Lipinski definition) is 7. The SMILES string of the molecule is CC(C)(O)/C=C/C(=O)[C@@](C)(O)[C@H]1[C@@H](O)C[C@@]2(C)[C@H]3CC=C4[C@@H](C[C@H](O)C(=O)C4(C)C)[C@@]3(C)C(=O)C[C@@]12C. The number of Topliss-reactive ketones (excluding diaryl/α,β-unsaturated/α-hetero) is 2. The van der Waals surface area contributed by atoms with E-state index >= 15 is 0 Å². The fraction of sp³-hybridized carbons (Fsp3) is 0.767. The molecule has 4 rings (SSSR count). The summed E-state index contributed by atoms with van der Waals surface area (Å²) in [5.41, 5.74) is -5.46. The molecule has 0 aromatic heterocycles. The summed E-state index contributed by atoms with van der Waals surface area (Å²) in [5, 5.41) is 43.7. The smallest absolute Gasteiger partial charge is 0.187 e. The number of carbonyl (C=O) groups excluding carboxylic acids is 3. The van der Waals surface area contributed by atoms with E-state index < -0.39 is 56.8 Å². The second kappa shape index (κ2) is 8.17. The second-order valence-electron chi connectivity index (χ2n) is 14.2. The van der Waals surface area contributed by atoms with Crippen LogP contribution in [-0.2, 0) is 14.4 Å². The number of hydrogen-bond donors (Lipinski definition) is 4. The fourth-order valence-electron chi connectivity index (χ4n) is 9.00. The molecule has 0 radical (unpaired) electrons. The number of rotatable bonds is 4. The highest BCUT2D eigenvalue weighted by atomic mass is 16.3. The third kappa shape index (κ3) is 3.71. The molecule has 3 saturated carbocycles. The molecule has 0 bridgehead atoms. The number of aliphatic hydroxyl groups excluding tert-OH is 2. The molecule has 37 heavy (non-hydrogen) atoms. The predicted octanol–water partition coefficient (Wildman–Crippen LogP) is 2.93. The molecule has 4 aliphatic carbocycles. The minimum Gasteiger partial charge on any atom is -0.393 e. The topological polar surface area (TPSA) is 132 Å². The number of fused-ring (bicyclic) bond motifs is 5. The summed E-state index contributed by atoms with van der Waals surface area (Å²) in [6.45, 7) is 14.0. The van der Waals surface area contributed by atoms with Gasteiger partial charge in [0.05, 0.1) is 11.7 Å². The Morgan fingerprint density at radius 2 is 1.62 bits per heavy atom. The first-order valence-corrected chi connectivity index (χ1v) is 13.5. The zero-order chi connectivity index (χ0) is 28.1. The van der Waals surface area contributed by atoms with Gasteiger partial charge < -0.3 is 20.4 Å². The van der Waals surface area contributed by atoms with Crippen LogP contribution in [0.25, 0.3) is 0 Å². The molecule has 206 valence electrons. The van der Waals surface area contributed by atoms with Crippen molar-refractivity contribution in [3.05, 3.63) is 23.8 Å². The van der Waals surface area contributed by atoms with Gasteiger partial charge in [0.25, 0.3) is 0 Å². The number of ketones is 3. The Bertz CT molecular complexity index is 1090. The molecule has 0 aromatic rings. The van der Waals surface area contributed by atoms with Crippen molar-refractivity contribution in [3.63, 3.8) is 0 Å². The average molecular weight is 517 g/mol. The van der Waals surface area contributed by atoms with E-state index in [1.807, 2.05) is 27.7 Å². The van der Waals surface area contributed by atoms with Gasteiger partial charge in [-0.3, -0.25) is 14.4 Å². The van der Waals surface area contributed by atoms with Gasteiger partial charge in [0, 0.05) is 23.2 Å². The van der Waals surface area contributed by atoms with Crippen LogP contribution in [0.1, 0.15) is 81.1 Å². The third-order valence-electron chi connectivity index (χ3n) is 11.1. The molecule has 4 N–H and O–H groups in total. The van der Waals surface area contributed by atoms with E-state index in [4.69, 9.17) is 0 Å². The predicted molar refractivity (Wildman–Crippen MR) is 138 cm³/mol. The number of carbonyl (C=O) groups is 3. The molecular formula is C30H44O7. The molecule has 0 heterocycles. The number of allylic oxidation sites excluding steroid dienone is 2. The van der Waals surface area contributed by atoms with Gasteiger partial charge in [0.2, 0.25) is 0 Å². The molecule has 7 heteroatoms. The summed E-state index contributed by atoms with van der Waals surface area (Å²) < 4.78 is 0. The highest BCUT2D eigenvalue weighted by Gasteiger charge is 2.74. The van der Waals surface area contributed by atoms with E-state index in [1.165, 1.54) is 32.9 Å². The van der Waals surface area contributed by atoms with Crippen LogP contribution in [0, 0.1) is 39.4 Å². The molecular weight excluding hydrogens is 472 g/mol. The summed E-state index contributed by atoms with van der Waals surface area (Å²) in [6.07, 6.45) is 3.54. The van der Waals surface area contributed by atoms with Crippen molar-refractivity contribution in [3.8, 4) is 0 Å². The molecule has 3 fully saturated rings. The molecule has 0 amide bonds. The summed E-state index contributed by atoms with van der Waals surface area (Å²) in [4.78, 5) is 40.2. The monoisotopic (exact) mass is 516 g/mol. The summed E-state index contributed by atoms with van der Waals surface area (Å²) >= 11 is 0. The first-order valence-electron chi connectivity index (χ1n) is 13.5. The van der Waals surface area contributed by atoms with Crippen LogP contribution in [0.3, 0.4) is 0 Å². The van der Waals surface area contributed by atoms with Gasteiger partial charge in [-0.15, -0.1) is 0 Å². The van der Waals surface area contributed by atoms with Crippen molar-refractivity contribution in [2.24, 2.45) is 39.4 Å². The van der Waals surface area contributed by atoms with E-state index in [1.54, 1.807) is 0 Å². The summed E-state index contributed by atoms with van der Waals surface area (Å²) in [7, 11) is 0. The van der Waals surface area contributed by atoms with Crippen molar-refractivity contribution < 1.29 is 34.8 Å². The van der Waals surface area contributed by atoms with E-state index in [0.29, 0.717) is 12.8 Å². The van der Waals surface area contributed by atoms with Crippen LogP contribution in [0.2, 0.25) is 0 Å². The Balaban J connectivity index is 1.80. The normalized spacial score (nSPS) is 45.1. The first-order chi connectivity index (χ1) is 16.7. The maximum atomic E-state index is 14.2. The Labute approximate surface area is 220 Å². The lowest BCUT2D eigenvalue weighted by atomic mass is 9.38. The van der Waals surface area contributed by atoms with Gasteiger partial charge in [0.15, 0.2) is 11.6 Å². The zero-order valence-corrected chi connectivity index (χ0v) is 23.5. The molecule has 0 saturated heterocycles. The quantitative estimate of drug-likeness (QED) is 0.334. The second-order valence-corrected chi connectivity index (χ2v) is 14.2. The van der Waals surface area contributed by atoms with Gasteiger partial charge in [-0.25, -0.2) is 0 Å². The minimum atomic E-state index is -1.95. The molecule has 0 spiro atoms. The highest BCUT2D eigenvalue weighted by Crippen LogP contribution is 2.74. The maximum absolute atomic E-state index is 14.2. The van der Waals surface area contributed by atoms with Crippen molar-refractivity contribution in [2.45, 2.75) is 104 Å². The van der Waals surface area contributed by atoms with Crippen LogP contribution in [-0.4, -0.2) is 61.2 Å². The van der Waals surface area contributed by atoms with Gasteiger partial charge in [-0.05, 0) is 82.6 Å². The Kier molecular flexibility index (Phi) is 6.26. The molecule has 4 aliphatic rings. The molecule has 0 unspecified atom stereocenters. The lowest BCUT2D eigenvalue weighted by Crippen LogP contribution is -2.65. The van der Waals surface area contributed by atoms with Gasteiger partial charge in [-0.1, -0.05) is 38.5 Å². The zero-order valence-electron chi connectivity index (χ0n) is 23.5. The van der Waals surface area contributed by atoms with E-state index in [0.717, 1.165) is 5.57 Å². The molecule has 7 nitrogen and oxygen atoms in total. The lowest BCUT2D eigenvalue weighted by Gasteiger charge is -2.64. The Morgan fingerprint density at radius 1 is 1.03 bits per heavy atom. The molecule has 0 aromatic carbocycles. The van der Waals surface area contributed by atoms with E-state index in [-0.39, 0.29) is 36.2 Å². The summed E-state index contributed by atoms with van der Waals surface area (Å²) in [6, 6.07) is 0. The van der Waals surface area contributed by atoms with Crippen LogP contribution >= 0.6 is 0 Å². The summed E-state index contributed by atoms with van der Waals surface area (Å²) in [5.74, 6) is -2.24. The minimum absolute atomic E-state index is 0.0141. The van der Waals surface area contributed by atoms with Crippen LogP contribution in [0.15, 0.2) is 23.8 Å². The standard InChI is InChI=1S/C30H44O7/c1-25(2,36)12-11-21(33)30(8,37)23-19(32)14-27(5)20-10-9-16-17(13-18(31)24(35)26(16,3)4)29(20,7)22(34)15-28(23,27)6/h9,11-12,17-20,23,31-32,36-37H,10,13-15H2,1-8H3/b12-11+/t17-,18+,19+,20-,23+,27+,28+,29-,30-/m1/s1. The van der Waals surface area contributed by atoms with Crippen LogP contribution < -0.4 is 0 Å². The Morgan fingerprint density at radius 3 is 2.19 bits per heavy atom. The first kappa shape index (κ1) is 28.3. The van der Waals surface area contributed by atoms with Crippen LogP contribution in [0.5, 0.6) is 0 Å². The van der Waals surface area contributed by atoms with Crippen molar-refractivity contribution in [1.82, 2.24) is 0 Å². The van der Waals surface area contributed by atoms with Crippen LogP contribution in [0.4, 0.5) is 0 Å².